The van der Waals surface area contributed by atoms with Crippen LogP contribution in [0.4, 0.5) is 5.69 Å². The molecule has 0 N–H and O–H groups in total. The molecule has 0 unspecified atom stereocenters. The molecular weight excluding hydrogens is 409 g/mol. The molecule has 1 aromatic carbocycles. The van der Waals surface area contributed by atoms with E-state index in [0.717, 1.165) is 24.9 Å². The number of aromatic nitrogens is 4. The van der Waals surface area contributed by atoms with Gasteiger partial charge < -0.3 is 24.0 Å². The van der Waals surface area contributed by atoms with Crippen molar-refractivity contribution in [3.05, 3.63) is 47.0 Å². The van der Waals surface area contributed by atoms with Gasteiger partial charge in [-0.2, -0.15) is 9.55 Å². The standard InChI is InChI=1S/C15H18N5O2.HI/c1-3-4-8-18-9-10-19(11-18)15-16-14-12(17(15)2)6-5-7-13(14)20(21)22;/h5-7,9-11H,3-4,8H2,1-2H3;1H/q+1;/p-1. The molecular formula is C15H18IN5O2. The molecule has 3 rings (SSSR count). The maximum absolute atomic E-state index is 11.1. The number of imidazole rings is 2. The second-order valence-electron chi connectivity index (χ2n) is 5.29. The largest absolute Gasteiger partial charge is 1.00 e. The zero-order valence-corrected chi connectivity index (χ0v) is 15.2. The molecule has 0 saturated heterocycles. The Kier molecular flexibility index (Phi) is 5.34. The molecule has 2 heterocycles. The third-order valence-corrected chi connectivity index (χ3v) is 3.76. The minimum Gasteiger partial charge on any atom is -1.00 e. The quantitative estimate of drug-likeness (QED) is 0.236. The van der Waals surface area contributed by atoms with Crippen LogP contribution in [0, 0.1) is 10.1 Å². The van der Waals surface area contributed by atoms with Crippen LogP contribution in [0.25, 0.3) is 17.0 Å². The van der Waals surface area contributed by atoms with Crippen LogP contribution in [0.1, 0.15) is 19.8 Å². The molecule has 2 aromatic heterocycles. The monoisotopic (exact) mass is 427 g/mol. The molecule has 0 spiro atoms. The predicted molar refractivity (Wildman–Crippen MR) is 81.8 cm³/mol. The molecule has 23 heavy (non-hydrogen) atoms. The number of non-ortho nitro benzene ring substituents is 1. The molecule has 0 amide bonds. The summed E-state index contributed by atoms with van der Waals surface area (Å²) in [5, 5.41) is 11.1. The SMILES string of the molecule is CCCC[n+]1ccn(-c2nc3c([N+](=O)[O-])cccc3n2C)c1.[I-]. The van der Waals surface area contributed by atoms with E-state index in [1.165, 1.54) is 6.07 Å². The first-order valence-corrected chi connectivity index (χ1v) is 7.29. The van der Waals surface area contributed by atoms with Crippen LogP contribution in [0.3, 0.4) is 0 Å². The molecule has 0 bridgehead atoms. The average Bonchev–Trinajstić information content (AvgIpc) is 3.10. The van der Waals surface area contributed by atoms with Crippen molar-refractivity contribution >= 4 is 16.7 Å². The van der Waals surface area contributed by atoms with Gasteiger partial charge in [-0.25, -0.2) is 4.57 Å². The van der Waals surface area contributed by atoms with E-state index >= 15 is 0 Å². The first-order valence-electron chi connectivity index (χ1n) is 7.29. The minimum absolute atomic E-state index is 0. The second kappa shape index (κ2) is 7.07. The van der Waals surface area contributed by atoms with Crippen molar-refractivity contribution in [2.24, 2.45) is 7.05 Å². The number of hydrogen-bond acceptors (Lipinski definition) is 3. The van der Waals surface area contributed by atoms with E-state index in [-0.39, 0.29) is 29.7 Å². The van der Waals surface area contributed by atoms with E-state index in [9.17, 15) is 10.1 Å². The lowest BCUT2D eigenvalue weighted by Gasteiger charge is -1.97. The lowest BCUT2D eigenvalue weighted by atomic mass is 10.3. The highest BCUT2D eigenvalue weighted by atomic mass is 127. The van der Waals surface area contributed by atoms with Gasteiger partial charge in [-0.15, -0.1) is 0 Å². The fraction of sp³-hybridized carbons (Fsp3) is 0.333. The summed E-state index contributed by atoms with van der Waals surface area (Å²) in [4.78, 5) is 15.2. The van der Waals surface area contributed by atoms with Gasteiger partial charge in [0, 0.05) is 13.1 Å². The molecule has 8 heteroatoms. The Balaban J connectivity index is 0.00000192. The highest BCUT2D eigenvalue weighted by Gasteiger charge is 2.21. The zero-order chi connectivity index (χ0) is 15.7. The molecule has 0 aliphatic carbocycles. The van der Waals surface area contributed by atoms with Gasteiger partial charge in [0.05, 0.1) is 17.0 Å². The van der Waals surface area contributed by atoms with Crippen molar-refractivity contribution in [2.45, 2.75) is 26.3 Å². The number of halogens is 1. The fourth-order valence-electron chi connectivity index (χ4n) is 2.55. The van der Waals surface area contributed by atoms with Gasteiger partial charge in [-0.3, -0.25) is 14.7 Å². The first-order chi connectivity index (χ1) is 10.6. The third kappa shape index (κ3) is 3.21. The highest BCUT2D eigenvalue weighted by Crippen LogP contribution is 2.26. The van der Waals surface area contributed by atoms with Crippen molar-refractivity contribution in [3.8, 4) is 5.95 Å². The van der Waals surface area contributed by atoms with Gasteiger partial charge in [0.2, 0.25) is 0 Å². The summed E-state index contributed by atoms with van der Waals surface area (Å²) in [5.74, 6) is 0.666. The highest BCUT2D eigenvalue weighted by molar-refractivity contribution is 5.86. The summed E-state index contributed by atoms with van der Waals surface area (Å²) in [5.41, 5.74) is 1.20. The van der Waals surface area contributed by atoms with Gasteiger partial charge >= 0.3 is 5.95 Å². The summed E-state index contributed by atoms with van der Waals surface area (Å²) in [6, 6.07) is 5.01. The molecule has 0 radical (unpaired) electrons. The van der Waals surface area contributed by atoms with Crippen LogP contribution in [0.5, 0.6) is 0 Å². The Bertz CT molecular complexity index is 840. The normalized spacial score (nSPS) is 10.7. The van der Waals surface area contributed by atoms with E-state index in [1.807, 2.05) is 41.0 Å². The Morgan fingerprint density at radius 2 is 2.17 bits per heavy atom. The van der Waals surface area contributed by atoms with E-state index in [2.05, 4.69) is 16.5 Å². The molecule has 7 nitrogen and oxygen atoms in total. The Morgan fingerprint density at radius 3 is 2.87 bits per heavy atom. The number of unbranched alkanes of at least 4 members (excludes halogenated alkanes) is 1. The van der Waals surface area contributed by atoms with E-state index in [0.29, 0.717) is 11.5 Å². The van der Waals surface area contributed by atoms with Gasteiger partial charge in [0.15, 0.2) is 5.52 Å². The topological polar surface area (TPSA) is 69.8 Å². The fourth-order valence-corrected chi connectivity index (χ4v) is 2.55. The summed E-state index contributed by atoms with van der Waals surface area (Å²) < 4.78 is 5.85. The van der Waals surface area contributed by atoms with Crippen LogP contribution in [0.15, 0.2) is 36.9 Å². The lowest BCUT2D eigenvalue weighted by Crippen LogP contribution is -3.00. The molecule has 0 aliphatic heterocycles. The molecule has 122 valence electrons. The van der Waals surface area contributed by atoms with Gasteiger partial charge in [0.25, 0.3) is 12.0 Å². The number of nitro benzene ring substituents is 1. The van der Waals surface area contributed by atoms with Crippen LogP contribution in [-0.4, -0.2) is 19.0 Å². The number of rotatable bonds is 5. The van der Waals surface area contributed by atoms with Crippen LogP contribution in [0.2, 0.25) is 0 Å². The first kappa shape index (κ1) is 17.4. The number of nitro groups is 1. The summed E-state index contributed by atoms with van der Waals surface area (Å²) in [7, 11) is 1.87. The Hall–Kier alpha value is -1.97. The van der Waals surface area contributed by atoms with Crippen LogP contribution in [-0.2, 0) is 13.6 Å². The van der Waals surface area contributed by atoms with Crippen molar-refractivity contribution in [1.82, 2.24) is 14.1 Å². The molecule has 0 saturated carbocycles. The lowest BCUT2D eigenvalue weighted by molar-refractivity contribution is -0.696. The van der Waals surface area contributed by atoms with Crippen molar-refractivity contribution < 1.29 is 33.5 Å². The van der Waals surface area contributed by atoms with Gasteiger partial charge in [-0.1, -0.05) is 19.4 Å². The Labute approximate surface area is 150 Å². The summed E-state index contributed by atoms with van der Waals surface area (Å²) >= 11 is 0. The van der Waals surface area contributed by atoms with E-state index in [1.54, 1.807) is 6.07 Å². The Morgan fingerprint density at radius 1 is 1.39 bits per heavy atom. The molecule has 0 atom stereocenters. The molecule has 0 aliphatic rings. The predicted octanol–water partition coefficient (Wildman–Crippen LogP) is -0.636. The third-order valence-electron chi connectivity index (χ3n) is 3.76. The maximum atomic E-state index is 11.1. The number of para-hydroxylation sites is 1. The van der Waals surface area contributed by atoms with Gasteiger partial charge in [-0.05, 0) is 12.5 Å². The van der Waals surface area contributed by atoms with Crippen molar-refractivity contribution in [1.29, 1.82) is 0 Å². The van der Waals surface area contributed by atoms with E-state index < -0.39 is 4.92 Å². The van der Waals surface area contributed by atoms with Crippen LogP contribution >= 0.6 is 0 Å². The summed E-state index contributed by atoms with van der Waals surface area (Å²) in [6.07, 6.45) is 8.12. The zero-order valence-electron chi connectivity index (χ0n) is 13.0. The second-order valence-corrected chi connectivity index (χ2v) is 5.29. The molecule has 3 aromatic rings. The number of fused-ring (bicyclic) bond motifs is 1. The van der Waals surface area contributed by atoms with E-state index in [4.69, 9.17) is 0 Å². The number of aryl methyl sites for hydroxylation is 2. The van der Waals surface area contributed by atoms with Crippen molar-refractivity contribution in [2.75, 3.05) is 0 Å². The smallest absolute Gasteiger partial charge is 0.306 e. The number of hydrogen-bond donors (Lipinski definition) is 0. The number of nitrogens with zero attached hydrogens (tertiary/aromatic N) is 5. The average molecular weight is 427 g/mol. The van der Waals surface area contributed by atoms with Gasteiger partial charge in [0.1, 0.15) is 12.4 Å². The summed E-state index contributed by atoms with van der Waals surface area (Å²) in [6.45, 7) is 3.11. The van der Waals surface area contributed by atoms with Crippen molar-refractivity contribution in [3.63, 3.8) is 0 Å². The van der Waals surface area contributed by atoms with Crippen LogP contribution < -0.4 is 28.5 Å². The number of benzene rings is 1. The molecule has 0 fully saturated rings. The maximum Gasteiger partial charge on any atom is 0.306 e. The minimum atomic E-state index is -0.393.